The van der Waals surface area contributed by atoms with Crippen LogP contribution in [0.3, 0.4) is 0 Å². The molecule has 2 aliphatic rings. The van der Waals surface area contributed by atoms with Crippen LogP contribution in [0, 0.1) is 0 Å². The highest BCUT2D eigenvalue weighted by Gasteiger charge is 2.32. The minimum Gasteiger partial charge on any atom is -0.506 e. The third kappa shape index (κ3) is 2.19. The molecular formula is C19H15ClN4O. The van der Waals surface area contributed by atoms with E-state index >= 15 is 0 Å². The van der Waals surface area contributed by atoms with E-state index in [0.717, 1.165) is 41.1 Å². The Labute approximate surface area is 149 Å². The summed E-state index contributed by atoms with van der Waals surface area (Å²) in [6.45, 7) is 0.611. The second-order valence-corrected chi connectivity index (χ2v) is 6.87. The summed E-state index contributed by atoms with van der Waals surface area (Å²) in [6, 6.07) is 7.40. The molecule has 3 heterocycles. The number of aromatic amines is 1. The first-order chi connectivity index (χ1) is 12.2. The zero-order valence-corrected chi connectivity index (χ0v) is 14.1. The van der Waals surface area contributed by atoms with Crippen molar-refractivity contribution >= 4 is 17.3 Å². The molecule has 0 radical (unpaired) electrons. The van der Waals surface area contributed by atoms with Gasteiger partial charge in [0.2, 0.25) is 0 Å². The summed E-state index contributed by atoms with van der Waals surface area (Å²) in [6.07, 6.45) is 5.71. The predicted octanol–water partition coefficient (Wildman–Crippen LogP) is 3.25. The lowest BCUT2D eigenvalue weighted by Gasteiger charge is -2.23. The van der Waals surface area contributed by atoms with E-state index in [1.54, 1.807) is 12.3 Å². The van der Waals surface area contributed by atoms with Gasteiger partial charge < -0.3 is 10.1 Å². The number of H-pyrrole nitrogens is 1. The Hall–Kier alpha value is -2.66. The van der Waals surface area contributed by atoms with Gasteiger partial charge >= 0.3 is 0 Å². The van der Waals surface area contributed by atoms with Crippen LogP contribution in [0.1, 0.15) is 39.6 Å². The minimum absolute atomic E-state index is 0.0869. The molecule has 1 aromatic carbocycles. The molecule has 0 bridgehead atoms. The van der Waals surface area contributed by atoms with Gasteiger partial charge in [-0.3, -0.25) is 4.99 Å². The number of halogens is 1. The fraction of sp³-hybridized carbons (Fsp3) is 0.211. The van der Waals surface area contributed by atoms with E-state index in [1.165, 1.54) is 11.1 Å². The Morgan fingerprint density at radius 2 is 2.04 bits per heavy atom. The summed E-state index contributed by atoms with van der Waals surface area (Å²) in [5.41, 5.74) is 7.62. The van der Waals surface area contributed by atoms with Gasteiger partial charge in [0.05, 0.1) is 17.3 Å². The minimum atomic E-state index is 0.0869. The maximum atomic E-state index is 9.69. The first-order valence-corrected chi connectivity index (χ1v) is 8.64. The Morgan fingerprint density at radius 1 is 1.16 bits per heavy atom. The lowest BCUT2D eigenvalue weighted by molar-refractivity contribution is 0.475. The number of nitrogens with zero attached hydrogens (tertiary/aromatic N) is 3. The molecule has 0 saturated heterocycles. The number of nitrogens with one attached hydrogen (secondary N) is 1. The molecule has 2 aromatic heterocycles. The Kier molecular flexibility index (Phi) is 3.18. The van der Waals surface area contributed by atoms with Gasteiger partial charge in [-0.2, -0.15) is 5.10 Å². The van der Waals surface area contributed by atoms with Crippen LogP contribution in [-0.2, 0) is 12.8 Å². The monoisotopic (exact) mass is 350 g/mol. The Balaban J connectivity index is 1.67. The van der Waals surface area contributed by atoms with Crippen LogP contribution in [0.25, 0.3) is 0 Å². The predicted molar refractivity (Wildman–Crippen MR) is 95.7 cm³/mol. The van der Waals surface area contributed by atoms with E-state index in [9.17, 15) is 5.11 Å². The largest absolute Gasteiger partial charge is 0.506 e. The number of phenolic OH excluding ortho intramolecular Hbond substituents is 1. The number of aromatic nitrogens is 3. The molecule has 1 atom stereocenters. The lowest BCUT2D eigenvalue weighted by atomic mass is 9.87. The van der Waals surface area contributed by atoms with Gasteiger partial charge in [0.15, 0.2) is 0 Å². The summed E-state index contributed by atoms with van der Waals surface area (Å²) in [4.78, 5) is 8.33. The normalized spacial score (nSPS) is 18.1. The van der Waals surface area contributed by atoms with Crippen LogP contribution in [0.5, 0.6) is 5.75 Å². The number of rotatable bonds is 1. The highest BCUT2D eigenvalue weighted by Crippen LogP contribution is 2.38. The van der Waals surface area contributed by atoms with Crippen LogP contribution in [0.4, 0.5) is 0 Å². The van der Waals surface area contributed by atoms with Gasteiger partial charge in [-0.05, 0) is 47.7 Å². The summed E-state index contributed by atoms with van der Waals surface area (Å²) in [5, 5.41) is 18.5. The van der Waals surface area contributed by atoms with Crippen molar-refractivity contribution < 1.29 is 5.11 Å². The van der Waals surface area contributed by atoms with Gasteiger partial charge in [0.1, 0.15) is 11.4 Å². The summed E-state index contributed by atoms with van der Waals surface area (Å²) < 4.78 is 0. The fourth-order valence-electron chi connectivity index (χ4n) is 3.82. The maximum absolute atomic E-state index is 9.69. The van der Waals surface area contributed by atoms with Crippen molar-refractivity contribution in [3.63, 3.8) is 0 Å². The summed E-state index contributed by atoms with van der Waals surface area (Å²) in [5.74, 6) is 0.184. The third-order valence-corrected chi connectivity index (χ3v) is 5.38. The molecule has 0 spiro atoms. The Bertz CT molecular complexity index is 1020. The van der Waals surface area contributed by atoms with Crippen molar-refractivity contribution in [2.24, 2.45) is 4.99 Å². The van der Waals surface area contributed by atoms with E-state index in [4.69, 9.17) is 16.6 Å². The molecule has 1 unspecified atom stereocenters. The first kappa shape index (κ1) is 14.7. The molecule has 2 N–H and O–H groups in total. The molecule has 124 valence electrons. The second-order valence-electron chi connectivity index (χ2n) is 6.46. The standard InChI is InChI=1S/C19H15ClN4O/c20-14-7-11(3-4-15(14)25)13-9-22-19-16-12(8-21-18(13)16)2-1-10-5-6-23-24-17(10)19/h3-8,13,21,25H,1-2,9H2. The Morgan fingerprint density at radius 3 is 2.92 bits per heavy atom. The van der Waals surface area contributed by atoms with Crippen LogP contribution >= 0.6 is 11.6 Å². The number of phenols is 1. The molecule has 3 aromatic rings. The number of fused-ring (bicyclic) bond motifs is 2. The zero-order valence-electron chi connectivity index (χ0n) is 13.3. The van der Waals surface area contributed by atoms with Gasteiger partial charge in [0.25, 0.3) is 0 Å². The molecule has 0 amide bonds. The van der Waals surface area contributed by atoms with E-state index in [-0.39, 0.29) is 11.7 Å². The second kappa shape index (κ2) is 5.43. The first-order valence-electron chi connectivity index (χ1n) is 8.26. The topological polar surface area (TPSA) is 74.2 Å². The number of hydrogen-bond donors (Lipinski definition) is 2. The molecule has 1 aliphatic heterocycles. The van der Waals surface area contributed by atoms with E-state index in [2.05, 4.69) is 21.4 Å². The SMILES string of the molecule is Oc1ccc(C2CN=C3c4nnccc4CCc4c[nH]c2c43)cc1Cl. The van der Waals surface area contributed by atoms with E-state index in [1.807, 2.05) is 18.2 Å². The number of aliphatic imine (C=N–C) groups is 1. The van der Waals surface area contributed by atoms with Crippen LogP contribution in [-0.4, -0.2) is 32.5 Å². The molecule has 0 saturated carbocycles. The van der Waals surface area contributed by atoms with Crippen molar-refractivity contribution in [2.45, 2.75) is 18.8 Å². The molecule has 5 nitrogen and oxygen atoms in total. The molecule has 5 rings (SSSR count). The molecule has 1 aliphatic carbocycles. The fourth-order valence-corrected chi connectivity index (χ4v) is 4.01. The van der Waals surface area contributed by atoms with Crippen LogP contribution < -0.4 is 0 Å². The molecule has 6 heteroatoms. The maximum Gasteiger partial charge on any atom is 0.134 e. The van der Waals surface area contributed by atoms with E-state index < -0.39 is 0 Å². The highest BCUT2D eigenvalue weighted by atomic mass is 35.5. The number of benzene rings is 1. The average molecular weight is 351 g/mol. The van der Waals surface area contributed by atoms with Crippen molar-refractivity contribution in [2.75, 3.05) is 6.54 Å². The molecule has 25 heavy (non-hydrogen) atoms. The van der Waals surface area contributed by atoms with Gasteiger partial charge in [-0.15, -0.1) is 5.10 Å². The van der Waals surface area contributed by atoms with Gasteiger partial charge in [-0.25, -0.2) is 0 Å². The van der Waals surface area contributed by atoms with E-state index in [0.29, 0.717) is 11.6 Å². The number of aromatic hydroxyl groups is 1. The average Bonchev–Trinajstić information content (AvgIpc) is 2.99. The molecular weight excluding hydrogens is 336 g/mol. The summed E-state index contributed by atoms with van der Waals surface area (Å²) >= 11 is 6.11. The van der Waals surface area contributed by atoms with Gasteiger partial charge in [-0.1, -0.05) is 17.7 Å². The lowest BCUT2D eigenvalue weighted by Crippen LogP contribution is -2.20. The highest BCUT2D eigenvalue weighted by molar-refractivity contribution is 6.32. The van der Waals surface area contributed by atoms with Crippen molar-refractivity contribution in [1.82, 2.24) is 15.2 Å². The number of aryl methyl sites for hydroxylation is 2. The van der Waals surface area contributed by atoms with Gasteiger partial charge in [0, 0.05) is 29.6 Å². The van der Waals surface area contributed by atoms with Crippen molar-refractivity contribution in [3.05, 3.63) is 75.3 Å². The number of hydrogen-bond acceptors (Lipinski definition) is 4. The van der Waals surface area contributed by atoms with Crippen LogP contribution in [0.15, 0.2) is 41.7 Å². The third-order valence-electron chi connectivity index (χ3n) is 5.08. The summed E-state index contributed by atoms with van der Waals surface area (Å²) in [7, 11) is 0. The zero-order chi connectivity index (χ0) is 17.0. The quantitative estimate of drug-likeness (QED) is 0.707. The van der Waals surface area contributed by atoms with Crippen molar-refractivity contribution in [3.8, 4) is 5.75 Å². The van der Waals surface area contributed by atoms with Crippen LogP contribution in [0.2, 0.25) is 5.02 Å². The smallest absolute Gasteiger partial charge is 0.134 e. The van der Waals surface area contributed by atoms with Crippen molar-refractivity contribution in [1.29, 1.82) is 0 Å². The molecule has 0 fully saturated rings.